The first kappa shape index (κ1) is 8.44. The molecule has 0 saturated heterocycles. The van der Waals surface area contributed by atoms with Gasteiger partial charge < -0.3 is 0 Å². The Labute approximate surface area is 77.5 Å². The number of hydrazine groups is 1. The normalized spacial score (nSPS) is 16.8. The van der Waals surface area contributed by atoms with Crippen LogP contribution in [0.25, 0.3) is 0 Å². The average molecular weight is 178 g/mol. The van der Waals surface area contributed by atoms with Crippen LogP contribution in [0.15, 0.2) is 6.20 Å². The summed E-state index contributed by atoms with van der Waals surface area (Å²) >= 11 is 0. The first-order valence-corrected chi connectivity index (χ1v) is 4.61. The Hall–Kier alpha value is -1.16. The monoisotopic (exact) mass is 178 g/mol. The molecule has 0 aromatic carbocycles. The molecule has 0 aliphatic heterocycles. The Morgan fingerprint density at radius 2 is 2.31 bits per heavy atom. The maximum absolute atomic E-state index is 5.25. The van der Waals surface area contributed by atoms with Gasteiger partial charge in [-0.2, -0.15) is 0 Å². The summed E-state index contributed by atoms with van der Waals surface area (Å²) in [6.45, 7) is 2.05. The molecular weight excluding hydrogens is 164 g/mol. The third-order valence-electron chi connectivity index (χ3n) is 2.63. The summed E-state index contributed by atoms with van der Waals surface area (Å²) in [5.41, 5.74) is 4.81. The summed E-state index contributed by atoms with van der Waals surface area (Å²) < 4.78 is 0. The highest BCUT2D eigenvalue weighted by atomic mass is 15.3. The molecule has 2 rings (SSSR count). The lowest BCUT2D eigenvalue weighted by atomic mass is 9.81. The smallest absolute Gasteiger partial charge is 0.237 e. The van der Waals surface area contributed by atoms with Crippen LogP contribution in [0.3, 0.4) is 0 Å². The van der Waals surface area contributed by atoms with E-state index in [1.165, 1.54) is 24.8 Å². The lowest BCUT2D eigenvalue weighted by molar-refractivity contribution is 0.409. The van der Waals surface area contributed by atoms with Gasteiger partial charge in [0.1, 0.15) is 0 Å². The van der Waals surface area contributed by atoms with Crippen LogP contribution in [0.2, 0.25) is 0 Å². The zero-order valence-corrected chi connectivity index (χ0v) is 7.75. The van der Waals surface area contributed by atoms with Gasteiger partial charge in [0.2, 0.25) is 5.95 Å². The van der Waals surface area contributed by atoms with E-state index in [1.807, 2.05) is 13.1 Å². The molecule has 3 N–H and O–H groups in total. The van der Waals surface area contributed by atoms with Gasteiger partial charge in [-0.15, -0.1) is 0 Å². The number of nitrogens with zero attached hydrogens (tertiary/aromatic N) is 2. The molecule has 0 spiro atoms. The second kappa shape index (κ2) is 3.30. The summed E-state index contributed by atoms with van der Waals surface area (Å²) in [6, 6.07) is 0. The second-order valence-corrected chi connectivity index (χ2v) is 3.53. The van der Waals surface area contributed by atoms with E-state index in [0.29, 0.717) is 11.9 Å². The van der Waals surface area contributed by atoms with E-state index in [9.17, 15) is 0 Å². The summed E-state index contributed by atoms with van der Waals surface area (Å²) in [6.07, 6.45) is 5.65. The van der Waals surface area contributed by atoms with E-state index < -0.39 is 0 Å². The second-order valence-electron chi connectivity index (χ2n) is 3.53. The highest BCUT2D eigenvalue weighted by Crippen LogP contribution is 2.36. The molecule has 13 heavy (non-hydrogen) atoms. The molecule has 4 heteroatoms. The molecule has 0 bridgehead atoms. The third-order valence-corrected chi connectivity index (χ3v) is 2.63. The topological polar surface area (TPSA) is 63.8 Å². The van der Waals surface area contributed by atoms with Crippen LogP contribution in [0.5, 0.6) is 0 Å². The van der Waals surface area contributed by atoms with Gasteiger partial charge in [-0.05, 0) is 25.3 Å². The minimum absolute atomic E-state index is 0.521. The largest absolute Gasteiger partial charge is 0.292 e. The molecule has 1 aromatic rings. The molecule has 70 valence electrons. The van der Waals surface area contributed by atoms with Crippen molar-refractivity contribution in [1.82, 2.24) is 9.97 Å². The molecule has 1 fully saturated rings. The van der Waals surface area contributed by atoms with Crippen molar-refractivity contribution < 1.29 is 0 Å². The molecule has 1 aliphatic rings. The molecule has 0 radical (unpaired) electrons. The van der Waals surface area contributed by atoms with Gasteiger partial charge in [0.15, 0.2) is 0 Å². The van der Waals surface area contributed by atoms with E-state index >= 15 is 0 Å². The van der Waals surface area contributed by atoms with Crippen molar-refractivity contribution >= 4 is 5.95 Å². The van der Waals surface area contributed by atoms with Gasteiger partial charge in [0, 0.05) is 12.1 Å². The van der Waals surface area contributed by atoms with Crippen LogP contribution < -0.4 is 11.3 Å². The fraction of sp³-hybridized carbons (Fsp3) is 0.556. The van der Waals surface area contributed by atoms with E-state index in [1.54, 1.807) is 0 Å². The predicted molar refractivity (Wildman–Crippen MR) is 51.2 cm³/mol. The maximum atomic E-state index is 5.25. The van der Waals surface area contributed by atoms with Crippen molar-refractivity contribution in [3.63, 3.8) is 0 Å². The minimum Gasteiger partial charge on any atom is -0.292 e. The molecule has 0 amide bonds. The van der Waals surface area contributed by atoms with Gasteiger partial charge in [-0.25, -0.2) is 15.8 Å². The molecule has 1 heterocycles. The SMILES string of the molecule is Cc1cnc(NN)nc1C1CCC1. The van der Waals surface area contributed by atoms with Crippen LogP contribution in [0, 0.1) is 6.92 Å². The fourth-order valence-electron chi connectivity index (χ4n) is 1.62. The van der Waals surface area contributed by atoms with Gasteiger partial charge in [-0.1, -0.05) is 6.42 Å². The van der Waals surface area contributed by atoms with Crippen molar-refractivity contribution in [2.45, 2.75) is 32.1 Å². The summed E-state index contributed by atoms with van der Waals surface area (Å²) in [7, 11) is 0. The van der Waals surface area contributed by atoms with Crippen molar-refractivity contribution in [2.75, 3.05) is 5.43 Å². The number of aryl methyl sites for hydroxylation is 1. The van der Waals surface area contributed by atoms with E-state index in [2.05, 4.69) is 15.4 Å². The fourth-order valence-corrected chi connectivity index (χ4v) is 1.62. The van der Waals surface area contributed by atoms with Crippen molar-refractivity contribution in [1.29, 1.82) is 0 Å². The number of hydrogen-bond acceptors (Lipinski definition) is 4. The van der Waals surface area contributed by atoms with Crippen LogP contribution in [-0.4, -0.2) is 9.97 Å². The zero-order chi connectivity index (χ0) is 9.26. The highest BCUT2D eigenvalue weighted by molar-refractivity contribution is 5.30. The summed E-state index contributed by atoms with van der Waals surface area (Å²) in [4.78, 5) is 8.42. The van der Waals surface area contributed by atoms with Crippen LogP contribution in [0.4, 0.5) is 5.95 Å². The Bertz CT molecular complexity index is 306. The van der Waals surface area contributed by atoms with Gasteiger partial charge in [0.05, 0.1) is 5.69 Å². The predicted octanol–water partition coefficient (Wildman–Crippen LogP) is 1.34. The number of anilines is 1. The number of nitrogen functional groups attached to an aromatic ring is 1. The number of hydrogen-bond donors (Lipinski definition) is 2. The summed E-state index contributed by atoms with van der Waals surface area (Å²) in [5.74, 6) is 6.41. The molecule has 0 atom stereocenters. The highest BCUT2D eigenvalue weighted by Gasteiger charge is 2.22. The zero-order valence-electron chi connectivity index (χ0n) is 7.75. The molecule has 1 aromatic heterocycles. The number of nitrogens with two attached hydrogens (primary N) is 1. The Balaban J connectivity index is 2.30. The van der Waals surface area contributed by atoms with Gasteiger partial charge in [-0.3, -0.25) is 5.43 Å². The molecule has 0 unspecified atom stereocenters. The minimum atomic E-state index is 0.521. The van der Waals surface area contributed by atoms with Crippen molar-refractivity contribution in [2.24, 2.45) is 5.84 Å². The van der Waals surface area contributed by atoms with Crippen molar-refractivity contribution in [3.8, 4) is 0 Å². The van der Waals surface area contributed by atoms with E-state index in [0.717, 1.165) is 5.69 Å². The van der Waals surface area contributed by atoms with E-state index in [4.69, 9.17) is 5.84 Å². The quantitative estimate of drug-likeness (QED) is 0.530. The average Bonchev–Trinajstić information content (AvgIpc) is 2.06. The third kappa shape index (κ3) is 1.49. The lowest BCUT2D eigenvalue weighted by Crippen LogP contribution is -2.16. The van der Waals surface area contributed by atoms with Crippen molar-refractivity contribution in [3.05, 3.63) is 17.5 Å². The van der Waals surface area contributed by atoms with Crippen LogP contribution in [-0.2, 0) is 0 Å². The molecule has 4 nitrogen and oxygen atoms in total. The molecule has 1 aliphatic carbocycles. The summed E-state index contributed by atoms with van der Waals surface area (Å²) in [5, 5.41) is 0. The standard InChI is InChI=1S/C9H14N4/c1-6-5-11-9(13-10)12-8(6)7-3-2-4-7/h5,7H,2-4,10H2,1H3,(H,11,12,13). The number of nitrogens with one attached hydrogen (secondary N) is 1. The molecule has 1 saturated carbocycles. The van der Waals surface area contributed by atoms with Gasteiger partial charge in [0.25, 0.3) is 0 Å². The van der Waals surface area contributed by atoms with E-state index in [-0.39, 0.29) is 0 Å². The number of rotatable bonds is 2. The Morgan fingerprint density at radius 3 is 2.85 bits per heavy atom. The Morgan fingerprint density at radius 1 is 1.54 bits per heavy atom. The molecular formula is C9H14N4. The Kier molecular flexibility index (Phi) is 2.14. The van der Waals surface area contributed by atoms with Gasteiger partial charge >= 0.3 is 0 Å². The van der Waals surface area contributed by atoms with Crippen LogP contribution in [0.1, 0.15) is 36.4 Å². The van der Waals surface area contributed by atoms with Crippen LogP contribution >= 0.6 is 0 Å². The maximum Gasteiger partial charge on any atom is 0.237 e. The first-order valence-electron chi connectivity index (χ1n) is 4.61. The lowest BCUT2D eigenvalue weighted by Gasteiger charge is -2.26. The first-order chi connectivity index (χ1) is 6.31. The number of aromatic nitrogens is 2.